The van der Waals surface area contributed by atoms with Crippen LogP contribution in [0.25, 0.3) is 0 Å². The van der Waals surface area contributed by atoms with Crippen LogP contribution in [0.5, 0.6) is 0 Å². The summed E-state index contributed by atoms with van der Waals surface area (Å²) in [5, 5.41) is 8.07. The van der Waals surface area contributed by atoms with Crippen molar-refractivity contribution >= 4 is 0 Å². The molecule has 2 nitrogen and oxygen atoms in total. The number of hydrogen-bond donors (Lipinski definition) is 1. The van der Waals surface area contributed by atoms with Crippen LogP contribution in [-0.2, 0) is 4.74 Å². The maximum absolute atomic E-state index is 8.07. The van der Waals surface area contributed by atoms with Crippen LogP contribution in [0.15, 0.2) is 0 Å². The molecule has 0 aromatic carbocycles. The monoisotopic (exact) mass is 138 g/mol. The SMILES string of the molecule is C.C.C.CCOCCO. The smallest absolute Gasteiger partial charge is 0.0697 e. The fourth-order valence-electron chi connectivity index (χ4n) is 0.209. The Balaban J connectivity index is -0.0000000417. The molecule has 0 amide bonds. The number of aliphatic hydroxyl groups is 1. The van der Waals surface area contributed by atoms with Crippen molar-refractivity contribution in [2.75, 3.05) is 19.8 Å². The molecular weight excluding hydrogens is 116 g/mol. The lowest BCUT2D eigenvalue weighted by atomic mass is 10.8. The number of aliphatic hydroxyl groups excluding tert-OH is 1. The molecule has 0 aliphatic heterocycles. The first-order chi connectivity index (χ1) is 2.91. The zero-order chi connectivity index (χ0) is 4.83. The zero-order valence-electron chi connectivity index (χ0n) is 3.98. The van der Waals surface area contributed by atoms with Crippen molar-refractivity contribution < 1.29 is 9.84 Å². The highest BCUT2D eigenvalue weighted by atomic mass is 16.5. The van der Waals surface area contributed by atoms with E-state index in [1.165, 1.54) is 0 Å². The van der Waals surface area contributed by atoms with Crippen molar-refractivity contribution in [1.29, 1.82) is 0 Å². The van der Waals surface area contributed by atoms with Crippen LogP contribution in [0.1, 0.15) is 29.2 Å². The van der Waals surface area contributed by atoms with Gasteiger partial charge in [0.1, 0.15) is 0 Å². The van der Waals surface area contributed by atoms with E-state index in [9.17, 15) is 0 Å². The summed E-state index contributed by atoms with van der Waals surface area (Å²) < 4.78 is 4.73. The Morgan fingerprint density at radius 3 is 1.78 bits per heavy atom. The van der Waals surface area contributed by atoms with Gasteiger partial charge in [0.05, 0.1) is 13.2 Å². The van der Waals surface area contributed by atoms with Gasteiger partial charge in [-0.2, -0.15) is 0 Å². The van der Waals surface area contributed by atoms with Gasteiger partial charge in [0.15, 0.2) is 0 Å². The highest BCUT2D eigenvalue weighted by Crippen LogP contribution is 1.66. The molecule has 0 saturated heterocycles. The molecule has 0 fully saturated rings. The van der Waals surface area contributed by atoms with E-state index in [-0.39, 0.29) is 28.9 Å². The molecule has 2 heteroatoms. The van der Waals surface area contributed by atoms with E-state index in [1.54, 1.807) is 0 Å². The van der Waals surface area contributed by atoms with Gasteiger partial charge >= 0.3 is 0 Å². The van der Waals surface area contributed by atoms with Gasteiger partial charge in [0.2, 0.25) is 0 Å². The minimum absolute atomic E-state index is 0. The summed E-state index contributed by atoms with van der Waals surface area (Å²) in [5.74, 6) is 0. The molecule has 62 valence electrons. The van der Waals surface area contributed by atoms with Crippen LogP contribution in [0.2, 0.25) is 0 Å². The molecule has 0 unspecified atom stereocenters. The Labute approximate surface area is 59.9 Å². The highest BCUT2D eigenvalue weighted by Gasteiger charge is 1.73. The van der Waals surface area contributed by atoms with Crippen molar-refractivity contribution in [2.45, 2.75) is 29.2 Å². The minimum atomic E-state index is 0. The molecule has 1 N–H and O–H groups in total. The quantitative estimate of drug-likeness (QED) is 0.604. The first-order valence-electron chi connectivity index (χ1n) is 2.10. The molecule has 9 heavy (non-hydrogen) atoms. The summed E-state index contributed by atoms with van der Waals surface area (Å²) in [5.41, 5.74) is 0. The van der Waals surface area contributed by atoms with Crippen molar-refractivity contribution in [2.24, 2.45) is 0 Å². The van der Waals surface area contributed by atoms with Gasteiger partial charge in [-0.05, 0) is 6.92 Å². The second-order valence-corrected chi connectivity index (χ2v) is 0.921. The Kier molecular flexibility index (Phi) is 63.4. The average molecular weight is 138 g/mol. The van der Waals surface area contributed by atoms with Gasteiger partial charge in [-0.25, -0.2) is 0 Å². The fraction of sp³-hybridized carbons (Fsp3) is 1.00. The fourth-order valence-corrected chi connectivity index (χ4v) is 0.209. The topological polar surface area (TPSA) is 29.5 Å². The molecule has 0 atom stereocenters. The van der Waals surface area contributed by atoms with Crippen molar-refractivity contribution in [3.63, 3.8) is 0 Å². The Morgan fingerprint density at radius 2 is 1.67 bits per heavy atom. The first kappa shape index (κ1) is 23.1. The molecule has 0 aromatic rings. The molecule has 0 aliphatic rings. The first-order valence-corrected chi connectivity index (χ1v) is 2.10. The highest BCUT2D eigenvalue weighted by molar-refractivity contribution is 4.18. The molecule has 0 spiro atoms. The van der Waals surface area contributed by atoms with E-state index in [0.717, 1.165) is 0 Å². The van der Waals surface area contributed by atoms with Gasteiger partial charge in [0.25, 0.3) is 0 Å². The zero-order valence-corrected chi connectivity index (χ0v) is 3.98. The van der Waals surface area contributed by atoms with E-state index in [0.29, 0.717) is 13.2 Å². The minimum Gasteiger partial charge on any atom is -0.394 e. The Morgan fingerprint density at radius 1 is 1.22 bits per heavy atom. The van der Waals surface area contributed by atoms with Crippen LogP contribution in [0, 0.1) is 0 Å². The summed E-state index contributed by atoms with van der Waals surface area (Å²) >= 11 is 0. The van der Waals surface area contributed by atoms with Crippen LogP contribution >= 0.6 is 0 Å². The Hall–Kier alpha value is -0.0800. The largest absolute Gasteiger partial charge is 0.394 e. The summed E-state index contributed by atoms with van der Waals surface area (Å²) in [6, 6.07) is 0. The van der Waals surface area contributed by atoms with E-state index in [1.807, 2.05) is 6.92 Å². The molecule has 0 radical (unpaired) electrons. The molecule has 0 rings (SSSR count). The van der Waals surface area contributed by atoms with Gasteiger partial charge in [-0.15, -0.1) is 0 Å². The van der Waals surface area contributed by atoms with Crippen LogP contribution < -0.4 is 0 Å². The molecule has 0 bridgehead atoms. The predicted molar refractivity (Wildman–Crippen MR) is 43.8 cm³/mol. The van der Waals surface area contributed by atoms with Crippen molar-refractivity contribution in [3.8, 4) is 0 Å². The van der Waals surface area contributed by atoms with Crippen LogP contribution in [0.3, 0.4) is 0 Å². The van der Waals surface area contributed by atoms with Gasteiger partial charge in [0, 0.05) is 6.61 Å². The Bertz CT molecular complexity index is 18.9. The third kappa shape index (κ3) is 32.6. The third-order valence-corrected chi connectivity index (χ3v) is 0.440. The number of hydrogen-bond acceptors (Lipinski definition) is 2. The van der Waals surface area contributed by atoms with Gasteiger partial charge < -0.3 is 9.84 Å². The van der Waals surface area contributed by atoms with E-state index < -0.39 is 0 Å². The summed E-state index contributed by atoms with van der Waals surface area (Å²) in [6.07, 6.45) is 0. The van der Waals surface area contributed by atoms with Crippen LogP contribution in [-0.4, -0.2) is 24.9 Å². The van der Waals surface area contributed by atoms with E-state index >= 15 is 0 Å². The molecule has 0 saturated carbocycles. The lowest BCUT2D eigenvalue weighted by Gasteiger charge is -1.91. The maximum atomic E-state index is 8.07. The number of ether oxygens (including phenoxy) is 1. The second kappa shape index (κ2) is 24.7. The number of rotatable bonds is 3. The molecule has 0 heterocycles. The van der Waals surface area contributed by atoms with Crippen LogP contribution in [0.4, 0.5) is 0 Å². The average Bonchev–Trinajstić information content (AvgIpc) is 1.61. The lowest BCUT2D eigenvalue weighted by Crippen LogP contribution is -1.96. The molecule has 0 aromatic heterocycles. The molecular formula is C7H22O2. The van der Waals surface area contributed by atoms with E-state index in [4.69, 9.17) is 9.84 Å². The molecule has 0 aliphatic carbocycles. The predicted octanol–water partition coefficient (Wildman–Crippen LogP) is 1.92. The standard InChI is InChI=1S/C4H10O2.3CH4/c1-2-6-4-3-5;;;/h5H,2-4H2,1H3;3*1H4. The maximum Gasteiger partial charge on any atom is 0.0697 e. The summed E-state index contributed by atoms with van der Waals surface area (Å²) in [7, 11) is 0. The van der Waals surface area contributed by atoms with Gasteiger partial charge in [-0.1, -0.05) is 22.3 Å². The lowest BCUT2D eigenvalue weighted by molar-refractivity contribution is 0.102. The summed E-state index contributed by atoms with van der Waals surface area (Å²) in [4.78, 5) is 0. The third-order valence-electron chi connectivity index (χ3n) is 0.440. The van der Waals surface area contributed by atoms with E-state index in [2.05, 4.69) is 0 Å². The normalized spacial score (nSPS) is 6.00. The van der Waals surface area contributed by atoms with Gasteiger partial charge in [-0.3, -0.25) is 0 Å². The van der Waals surface area contributed by atoms with Crippen molar-refractivity contribution in [3.05, 3.63) is 0 Å². The van der Waals surface area contributed by atoms with Crippen molar-refractivity contribution in [1.82, 2.24) is 0 Å². The summed E-state index contributed by atoms with van der Waals surface area (Å²) in [6.45, 7) is 3.20. The second-order valence-electron chi connectivity index (χ2n) is 0.921.